The number of anilines is 2. The lowest BCUT2D eigenvalue weighted by Crippen LogP contribution is -2.20. The van der Waals surface area contributed by atoms with Crippen LogP contribution in [0.2, 0.25) is 0 Å². The van der Waals surface area contributed by atoms with Crippen molar-refractivity contribution >= 4 is 11.5 Å². The molecule has 0 amide bonds. The van der Waals surface area contributed by atoms with Gasteiger partial charge in [0.1, 0.15) is 5.82 Å². The van der Waals surface area contributed by atoms with Crippen LogP contribution < -0.4 is 11.1 Å². The largest absolute Gasteiger partial charge is 0.396 e. The van der Waals surface area contributed by atoms with E-state index in [1.165, 1.54) is 19.5 Å². The van der Waals surface area contributed by atoms with Gasteiger partial charge >= 0.3 is 0 Å². The van der Waals surface area contributed by atoms with Gasteiger partial charge in [-0.3, -0.25) is 0 Å². The molecule has 1 aromatic heterocycles. The van der Waals surface area contributed by atoms with Crippen LogP contribution in [0.3, 0.4) is 0 Å². The fourth-order valence-electron chi connectivity index (χ4n) is 2.14. The van der Waals surface area contributed by atoms with E-state index in [1.807, 2.05) is 13.0 Å². The number of nitrogens with two attached hydrogens (primary N) is 1. The van der Waals surface area contributed by atoms with Gasteiger partial charge in [-0.1, -0.05) is 0 Å². The summed E-state index contributed by atoms with van der Waals surface area (Å²) in [7, 11) is 2.17. The van der Waals surface area contributed by atoms with Gasteiger partial charge in [0.2, 0.25) is 0 Å². The number of rotatable bonds is 3. The van der Waals surface area contributed by atoms with E-state index in [0.717, 1.165) is 23.6 Å². The molecular weight excluding hydrogens is 200 g/mol. The highest BCUT2D eigenvalue weighted by molar-refractivity contribution is 5.64. The minimum atomic E-state index is 0.715. The lowest BCUT2D eigenvalue weighted by atomic mass is 10.1. The second-order valence-corrected chi connectivity index (χ2v) is 4.69. The quantitative estimate of drug-likeness (QED) is 0.807. The molecule has 3 N–H and O–H groups in total. The van der Waals surface area contributed by atoms with Crippen molar-refractivity contribution in [3.05, 3.63) is 17.8 Å². The van der Waals surface area contributed by atoms with Crippen molar-refractivity contribution in [2.75, 3.05) is 37.7 Å². The molecule has 2 heterocycles. The van der Waals surface area contributed by atoms with Gasteiger partial charge in [-0.2, -0.15) is 0 Å². The van der Waals surface area contributed by atoms with Crippen LogP contribution in [0, 0.1) is 12.8 Å². The summed E-state index contributed by atoms with van der Waals surface area (Å²) in [5.41, 5.74) is 7.82. The van der Waals surface area contributed by atoms with E-state index in [1.54, 1.807) is 6.20 Å². The normalized spacial score (nSPS) is 21.2. The highest BCUT2D eigenvalue weighted by Crippen LogP contribution is 2.20. The van der Waals surface area contributed by atoms with Crippen molar-refractivity contribution in [1.82, 2.24) is 9.88 Å². The van der Waals surface area contributed by atoms with Crippen LogP contribution in [-0.2, 0) is 0 Å². The molecule has 0 radical (unpaired) electrons. The van der Waals surface area contributed by atoms with Gasteiger partial charge in [0, 0.05) is 19.3 Å². The number of hydrogen-bond donors (Lipinski definition) is 2. The molecule has 4 nitrogen and oxygen atoms in total. The summed E-state index contributed by atoms with van der Waals surface area (Å²) in [6, 6.07) is 1.93. The summed E-state index contributed by atoms with van der Waals surface area (Å²) in [5, 5.41) is 3.35. The highest BCUT2D eigenvalue weighted by atomic mass is 15.1. The first-order chi connectivity index (χ1) is 7.66. The summed E-state index contributed by atoms with van der Waals surface area (Å²) in [5.74, 6) is 1.54. The van der Waals surface area contributed by atoms with Crippen molar-refractivity contribution in [2.24, 2.45) is 5.92 Å². The number of hydrogen-bond acceptors (Lipinski definition) is 4. The zero-order valence-electron chi connectivity index (χ0n) is 10.0. The molecule has 0 aromatic carbocycles. The Morgan fingerprint density at radius 1 is 1.62 bits per heavy atom. The monoisotopic (exact) mass is 220 g/mol. The van der Waals surface area contributed by atoms with Gasteiger partial charge in [-0.25, -0.2) is 4.98 Å². The van der Waals surface area contributed by atoms with Crippen molar-refractivity contribution in [3.63, 3.8) is 0 Å². The first kappa shape index (κ1) is 11.2. The maximum absolute atomic E-state index is 5.96. The smallest absolute Gasteiger partial charge is 0.149 e. The van der Waals surface area contributed by atoms with Crippen LogP contribution in [0.15, 0.2) is 12.3 Å². The van der Waals surface area contributed by atoms with E-state index in [9.17, 15) is 0 Å². The summed E-state index contributed by atoms with van der Waals surface area (Å²) in [6.45, 7) is 5.33. The van der Waals surface area contributed by atoms with E-state index < -0.39 is 0 Å². The first-order valence-electron chi connectivity index (χ1n) is 5.80. The number of aryl methyl sites for hydroxylation is 1. The molecular formula is C12H20N4. The Morgan fingerprint density at radius 3 is 3.12 bits per heavy atom. The molecule has 2 rings (SSSR count). The average molecular weight is 220 g/mol. The maximum Gasteiger partial charge on any atom is 0.149 e. The molecule has 0 bridgehead atoms. The molecule has 1 saturated heterocycles. The standard InChI is InChI=1S/C12H20N4/c1-9-3-5-14-12(11(9)13)15-7-10-4-6-16(2)8-10/h3,5,10H,4,6-8,13H2,1-2H3,(H,14,15). The predicted octanol–water partition coefficient (Wildman–Crippen LogP) is 1.34. The second-order valence-electron chi connectivity index (χ2n) is 4.69. The van der Waals surface area contributed by atoms with Crippen LogP contribution >= 0.6 is 0 Å². The molecule has 1 aliphatic heterocycles. The SMILES string of the molecule is Cc1ccnc(NCC2CCN(C)C2)c1N. The highest BCUT2D eigenvalue weighted by Gasteiger charge is 2.19. The van der Waals surface area contributed by atoms with Crippen molar-refractivity contribution < 1.29 is 0 Å². The third-order valence-electron chi connectivity index (χ3n) is 3.26. The topological polar surface area (TPSA) is 54.2 Å². The van der Waals surface area contributed by atoms with E-state index in [0.29, 0.717) is 5.92 Å². The Morgan fingerprint density at radius 2 is 2.44 bits per heavy atom. The zero-order valence-corrected chi connectivity index (χ0v) is 10.0. The lowest BCUT2D eigenvalue weighted by Gasteiger charge is -2.14. The van der Waals surface area contributed by atoms with Crippen molar-refractivity contribution in [3.8, 4) is 0 Å². The van der Waals surface area contributed by atoms with Crippen LogP contribution in [0.5, 0.6) is 0 Å². The average Bonchev–Trinajstić information content (AvgIpc) is 2.67. The maximum atomic E-state index is 5.96. The molecule has 1 aliphatic rings. The third-order valence-corrected chi connectivity index (χ3v) is 3.26. The molecule has 1 aromatic rings. The Kier molecular flexibility index (Phi) is 3.29. The Labute approximate surface area is 96.8 Å². The molecule has 1 atom stereocenters. The summed E-state index contributed by atoms with van der Waals surface area (Å²) in [6.07, 6.45) is 3.06. The van der Waals surface area contributed by atoms with E-state index >= 15 is 0 Å². The number of likely N-dealkylation sites (tertiary alicyclic amines) is 1. The van der Waals surface area contributed by atoms with Crippen LogP contribution in [0.4, 0.5) is 11.5 Å². The summed E-state index contributed by atoms with van der Waals surface area (Å²) < 4.78 is 0. The van der Waals surface area contributed by atoms with Gasteiger partial charge in [-0.15, -0.1) is 0 Å². The second kappa shape index (κ2) is 4.70. The Hall–Kier alpha value is -1.29. The molecule has 1 unspecified atom stereocenters. The van der Waals surface area contributed by atoms with Crippen LogP contribution in [-0.4, -0.2) is 36.6 Å². The molecule has 1 fully saturated rings. The minimum absolute atomic E-state index is 0.715. The lowest BCUT2D eigenvalue weighted by molar-refractivity contribution is 0.399. The number of aromatic nitrogens is 1. The van der Waals surface area contributed by atoms with Gasteiger partial charge in [0.05, 0.1) is 5.69 Å². The Bertz CT molecular complexity index is 364. The summed E-state index contributed by atoms with van der Waals surface area (Å²) >= 11 is 0. The minimum Gasteiger partial charge on any atom is -0.396 e. The molecule has 0 saturated carbocycles. The predicted molar refractivity (Wildman–Crippen MR) is 67.5 cm³/mol. The zero-order chi connectivity index (χ0) is 11.5. The third kappa shape index (κ3) is 2.44. The van der Waals surface area contributed by atoms with Crippen LogP contribution in [0.25, 0.3) is 0 Å². The molecule has 0 spiro atoms. The molecule has 4 heteroatoms. The van der Waals surface area contributed by atoms with Crippen molar-refractivity contribution in [2.45, 2.75) is 13.3 Å². The molecule has 0 aliphatic carbocycles. The van der Waals surface area contributed by atoms with Crippen LogP contribution in [0.1, 0.15) is 12.0 Å². The van der Waals surface area contributed by atoms with Gasteiger partial charge in [0.15, 0.2) is 0 Å². The van der Waals surface area contributed by atoms with Gasteiger partial charge < -0.3 is 16.0 Å². The summed E-state index contributed by atoms with van der Waals surface area (Å²) in [4.78, 5) is 6.63. The van der Waals surface area contributed by atoms with Crippen molar-refractivity contribution in [1.29, 1.82) is 0 Å². The van der Waals surface area contributed by atoms with Gasteiger partial charge in [-0.05, 0) is 44.5 Å². The fraction of sp³-hybridized carbons (Fsp3) is 0.583. The number of nitrogens with one attached hydrogen (secondary N) is 1. The van der Waals surface area contributed by atoms with Gasteiger partial charge in [0.25, 0.3) is 0 Å². The number of nitrogen functional groups attached to an aromatic ring is 1. The Balaban J connectivity index is 1.92. The molecule has 16 heavy (non-hydrogen) atoms. The van der Waals surface area contributed by atoms with E-state index in [4.69, 9.17) is 5.73 Å². The fourth-order valence-corrected chi connectivity index (χ4v) is 2.14. The molecule has 88 valence electrons. The first-order valence-corrected chi connectivity index (χ1v) is 5.80. The number of pyridine rings is 1. The van der Waals surface area contributed by atoms with E-state index in [-0.39, 0.29) is 0 Å². The van der Waals surface area contributed by atoms with E-state index in [2.05, 4.69) is 22.2 Å². The number of nitrogens with zero attached hydrogens (tertiary/aromatic N) is 2.